The van der Waals surface area contributed by atoms with Crippen LogP contribution in [-0.2, 0) is 16.2 Å². The first kappa shape index (κ1) is 23.7. The van der Waals surface area contributed by atoms with Crippen molar-refractivity contribution in [2.75, 3.05) is 0 Å². The van der Waals surface area contributed by atoms with Crippen LogP contribution in [0.4, 0.5) is 4.39 Å². The van der Waals surface area contributed by atoms with E-state index >= 15 is 4.39 Å². The van der Waals surface area contributed by atoms with Crippen molar-refractivity contribution in [3.8, 4) is 17.0 Å². The van der Waals surface area contributed by atoms with Crippen molar-refractivity contribution >= 4 is 41.5 Å². The summed E-state index contributed by atoms with van der Waals surface area (Å²) in [5.74, 6) is -1.55. The lowest BCUT2D eigenvalue weighted by Gasteiger charge is -2.12. The van der Waals surface area contributed by atoms with Crippen LogP contribution < -0.4 is 4.74 Å². The van der Waals surface area contributed by atoms with E-state index in [1.807, 2.05) is 49.4 Å². The molecular weight excluding hydrogens is 516 g/mol. The molecule has 0 spiro atoms. The normalized spacial score (nSPS) is 13.1. The summed E-state index contributed by atoms with van der Waals surface area (Å²) in [5, 5.41) is 4.86. The number of ether oxygens (including phenoxy) is 1. The zero-order valence-electron chi connectivity index (χ0n) is 22.9. The van der Waals surface area contributed by atoms with Crippen LogP contribution in [0.1, 0.15) is 51.8 Å². The number of halogens is 3. The molecule has 0 saturated heterocycles. The molecule has 0 aliphatic rings. The second kappa shape index (κ2) is 13.0. The van der Waals surface area contributed by atoms with E-state index in [4.69, 9.17) is 46.2 Å². The molecule has 3 aromatic carbocycles. The van der Waals surface area contributed by atoms with Crippen LogP contribution in [-0.4, -0.2) is 11.3 Å². The molecule has 4 aromatic rings. The lowest BCUT2D eigenvalue weighted by Crippen LogP contribution is -2.03. The number of rotatable bonds is 7. The Hall–Kier alpha value is -3.70. The lowest BCUT2D eigenvalue weighted by atomic mass is 9.98. The fourth-order valence-corrected chi connectivity index (χ4v) is 4.14. The fourth-order valence-electron chi connectivity index (χ4n) is 3.61. The molecule has 5 nitrogen and oxygen atoms in total. The molecule has 0 bridgehead atoms. The SMILES string of the molecule is O=C=O.[2H]C([2H])([2H])C(C)c1onc(-c2c(C)cccc2Cl)c1COc1cc(Cl)c(/C=C/c2ccccc2)cc1F. The highest BCUT2D eigenvalue weighted by Crippen LogP contribution is 2.37. The molecule has 0 N–H and O–H groups in total. The van der Waals surface area contributed by atoms with Crippen molar-refractivity contribution in [2.24, 2.45) is 0 Å². The number of nitrogens with zero attached hydrogens (tertiary/aromatic N) is 1. The van der Waals surface area contributed by atoms with Crippen molar-refractivity contribution < 1.29 is 27.4 Å². The first-order valence-electron chi connectivity index (χ1n) is 12.6. The van der Waals surface area contributed by atoms with Gasteiger partial charge in [0.05, 0.1) is 15.6 Å². The predicted octanol–water partition coefficient (Wildman–Crippen LogP) is 8.39. The zero-order chi connectivity index (χ0) is 29.4. The molecule has 1 aromatic heterocycles. The molecule has 4 rings (SSSR count). The fraction of sp³-hybridized carbons (Fsp3) is 0.172. The standard InChI is InChI=1S/C28H24Cl2FNO2.CO2/c1-17(2)28-21(27(32-34-28)26-18(3)8-7-11-22(26)29)16-33-25-15-23(30)20(14-24(25)31)13-12-19-9-5-4-6-10-19;2-1-3/h4-15,17H,16H2,1-3H3;/b13-12+;/i1D3;. The third-order valence-electron chi connectivity index (χ3n) is 5.35. The summed E-state index contributed by atoms with van der Waals surface area (Å²) in [6.45, 7) is 0.828. The maximum atomic E-state index is 15.0. The van der Waals surface area contributed by atoms with Crippen molar-refractivity contribution in [1.82, 2.24) is 5.16 Å². The van der Waals surface area contributed by atoms with E-state index in [0.29, 0.717) is 32.4 Å². The first-order chi connectivity index (χ1) is 19.0. The van der Waals surface area contributed by atoms with Crippen LogP contribution in [0.5, 0.6) is 5.75 Å². The highest BCUT2D eigenvalue weighted by molar-refractivity contribution is 6.33. The third kappa shape index (κ3) is 6.95. The van der Waals surface area contributed by atoms with Crippen LogP contribution in [0.3, 0.4) is 0 Å². The molecule has 0 radical (unpaired) electrons. The van der Waals surface area contributed by atoms with E-state index in [2.05, 4.69) is 5.16 Å². The Bertz CT molecular complexity index is 1510. The predicted molar refractivity (Wildman–Crippen MR) is 142 cm³/mol. The van der Waals surface area contributed by atoms with Crippen molar-refractivity contribution in [2.45, 2.75) is 33.2 Å². The van der Waals surface area contributed by atoms with Crippen LogP contribution in [0.25, 0.3) is 23.4 Å². The molecule has 37 heavy (non-hydrogen) atoms. The van der Waals surface area contributed by atoms with Crippen molar-refractivity contribution in [3.05, 3.63) is 105 Å². The third-order valence-corrected chi connectivity index (χ3v) is 5.99. The van der Waals surface area contributed by atoms with Gasteiger partial charge < -0.3 is 9.26 Å². The van der Waals surface area contributed by atoms with E-state index in [-0.39, 0.29) is 24.3 Å². The monoisotopic (exact) mass is 542 g/mol. The number of carbonyl (C=O) groups excluding carboxylic acids is 2. The number of hydrogen-bond acceptors (Lipinski definition) is 5. The summed E-state index contributed by atoms with van der Waals surface area (Å²) in [4.78, 5) is 16.2. The van der Waals surface area contributed by atoms with Gasteiger partial charge in [-0.05, 0) is 35.7 Å². The Morgan fingerprint density at radius 2 is 1.84 bits per heavy atom. The largest absolute Gasteiger partial charge is 0.486 e. The molecule has 8 heteroatoms. The Labute approximate surface area is 228 Å². The summed E-state index contributed by atoms with van der Waals surface area (Å²) in [6.07, 6.45) is 3.80. The van der Waals surface area contributed by atoms with Gasteiger partial charge in [0.2, 0.25) is 0 Å². The smallest absolute Gasteiger partial charge is 0.373 e. The van der Waals surface area contributed by atoms with Gasteiger partial charge in [0.25, 0.3) is 0 Å². The van der Waals surface area contributed by atoms with E-state index in [1.54, 1.807) is 18.2 Å². The Kier molecular flexibility index (Phi) is 8.33. The van der Waals surface area contributed by atoms with E-state index in [9.17, 15) is 0 Å². The average Bonchev–Trinajstić information content (AvgIpc) is 3.31. The van der Waals surface area contributed by atoms with Crippen LogP contribution in [0.2, 0.25) is 10.0 Å². The lowest BCUT2D eigenvalue weighted by molar-refractivity contribution is -0.191. The summed E-state index contributed by atoms with van der Waals surface area (Å²) in [6, 6.07) is 17.6. The number of aryl methyl sites for hydroxylation is 1. The summed E-state index contributed by atoms with van der Waals surface area (Å²) in [7, 11) is 0. The van der Waals surface area contributed by atoms with Gasteiger partial charge in [0, 0.05) is 21.7 Å². The van der Waals surface area contributed by atoms with Gasteiger partial charge >= 0.3 is 6.15 Å². The van der Waals surface area contributed by atoms with Crippen LogP contribution >= 0.6 is 23.2 Å². The average molecular weight is 543 g/mol. The molecule has 0 saturated carbocycles. The molecule has 0 aliphatic heterocycles. The number of hydrogen-bond donors (Lipinski definition) is 0. The molecule has 0 aliphatic carbocycles. The van der Waals surface area contributed by atoms with Crippen molar-refractivity contribution in [3.63, 3.8) is 0 Å². The molecule has 190 valence electrons. The summed E-state index contributed by atoms with van der Waals surface area (Å²) in [5.41, 5.74) is 3.58. The number of benzene rings is 3. The van der Waals surface area contributed by atoms with Gasteiger partial charge in [-0.25, -0.2) is 4.39 Å². The van der Waals surface area contributed by atoms with Gasteiger partial charge in [-0.3, -0.25) is 0 Å². The Balaban J connectivity index is 0.00000141. The molecule has 1 atom stereocenters. The zero-order valence-corrected chi connectivity index (χ0v) is 21.4. The van der Waals surface area contributed by atoms with Gasteiger partial charge in [0.1, 0.15) is 18.1 Å². The Morgan fingerprint density at radius 3 is 2.51 bits per heavy atom. The van der Waals surface area contributed by atoms with Crippen LogP contribution in [0.15, 0.2) is 65.2 Å². The second-order valence-electron chi connectivity index (χ2n) is 7.95. The Morgan fingerprint density at radius 1 is 1.11 bits per heavy atom. The van der Waals surface area contributed by atoms with Gasteiger partial charge in [-0.2, -0.15) is 9.59 Å². The highest BCUT2D eigenvalue weighted by Gasteiger charge is 2.23. The number of aromatic nitrogens is 1. The first-order valence-corrected chi connectivity index (χ1v) is 11.8. The van der Waals surface area contributed by atoms with E-state index < -0.39 is 18.6 Å². The van der Waals surface area contributed by atoms with Gasteiger partial charge in [-0.15, -0.1) is 0 Å². The topological polar surface area (TPSA) is 69.4 Å². The molecule has 0 fully saturated rings. The van der Waals surface area contributed by atoms with Crippen LogP contribution in [0, 0.1) is 12.7 Å². The highest BCUT2D eigenvalue weighted by atomic mass is 35.5. The quantitative estimate of drug-likeness (QED) is 0.219. The molecular formula is C29H24Cl2FNO4. The maximum absolute atomic E-state index is 15.0. The maximum Gasteiger partial charge on any atom is 0.373 e. The second-order valence-corrected chi connectivity index (χ2v) is 8.76. The van der Waals surface area contributed by atoms with Gasteiger partial charge in [0.15, 0.2) is 11.6 Å². The molecule has 1 heterocycles. The summed E-state index contributed by atoms with van der Waals surface area (Å²) < 4.78 is 49.9. The minimum Gasteiger partial charge on any atom is -0.486 e. The van der Waals surface area contributed by atoms with Crippen molar-refractivity contribution in [1.29, 1.82) is 0 Å². The molecule has 1 unspecified atom stereocenters. The van der Waals surface area contributed by atoms with E-state index in [1.165, 1.54) is 19.1 Å². The minimum atomic E-state index is -2.34. The molecule has 0 amide bonds. The minimum absolute atomic E-state index is 0.0858. The van der Waals surface area contributed by atoms with Gasteiger partial charge in [-0.1, -0.05) is 96.8 Å². The van der Waals surface area contributed by atoms with E-state index in [0.717, 1.165) is 11.1 Å². The summed E-state index contributed by atoms with van der Waals surface area (Å²) >= 11 is 12.9.